The van der Waals surface area contributed by atoms with Gasteiger partial charge in [-0.3, -0.25) is 9.78 Å². The van der Waals surface area contributed by atoms with Gasteiger partial charge < -0.3 is 10.2 Å². The monoisotopic (exact) mass is 428 g/mol. The van der Waals surface area contributed by atoms with Gasteiger partial charge in [0.2, 0.25) is 0 Å². The van der Waals surface area contributed by atoms with Gasteiger partial charge in [0, 0.05) is 36.7 Å². The number of carbonyl (C=O) groups is 1. The van der Waals surface area contributed by atoms with Gasteiger partial charge in [-0.25, -0.2) is 9.07 Å². The third-order valence-electron chi connectivity index (χ3n) is 5.59. The van der Waals surface area contributed by atoms with Gasteiger partial charge in [0.15, 0.2) is 0 Å². The summed E-state index contributed by atoms with van der Waals surface area (Å²) in [6.45, 7) is 1.19. The molecule has 1 aliphatic heterocycles. The number of nitrogens with one attached hydrogen (secondary N) is 1. The molecule has 0 aliphatic carbocycles. The van der Waals surface area contributed by atoms with Crippen molar-refractivity contribution in [3.8, 4) is 11.3 Å². The van der Waals surface area contributed by atoms with Crippen molar-refractivity contribution in [3.05, 3.63) is 90.6 Å². The average molecular weight is 428 g/mol. The van der Waals surface area contributed by atoms with Crippen molar-refractivity contribution < 1.29 is 9.18 Å². The summed E-state index contributed by atoms with van der Waals surface area (Å²) in [6.07, 6.45) is 6.05. The Labute approximate surface area is 184 Å². The Morgan fingerprint density at radius 2 is 1.81 bits per heavy atom. The minimum Gasteiger partial charge on any atom is -0.355 e. The Morgan fingerprint density at radius 3 is 2.62 bits per heavy atom. The molecule has 4 aromatic rings. The first-order valence-corrected chi connectivity index (χ1v) is 10.4. The first kappa shape index (κ1) is 19.9. The van der Waals surface area contributed by atoms with Gasteiger partial charge in [-0.05, 0) is 55.0 Å². The van der Waals surface area contributed by atoms with Crippen LogP contribution < -0.4 is 5.32 Å². The van der Waals surface area contributed by atoms with Crippen LogP contribution in [-0.2, 0) is 0 Å². The molecule has 3 heterocycles. The number of benzene rings is 2. The lowest BCUT2D eigenvalue weighted by Gasteiger charge is -2.19. The molecule has 0 spiro atoms. The van der Waals surface area contributed by atoms with Crippen LogP contribution in [0, 0.1) is 5.82 Å². The number of halogens is 1. The molecule has 1 N–H and O–H groups in total. The van der Waals surface area contributed by atoms with Crippen LogP contribution in [0.1, 0.15) is 22.8 Å². The van der Waals surface area contributed by atoms with Crippen molar-refractivity contribution in [1.82, 2.24) is 24.9 Å². The molecule has 0 saturated carbocycles. The molecule has 1 aliphatic rings. The van der Waals surface area contributed by atoms with E-state index in [4.69, 9.17) is 0 Å². The van der Waals surface area contributed by atoms with E-state index < -0.39 is 0 Å². The molecule has 2 aromatic carbocycles. The summed E-state index contributed by atoms with van der Waals surface area (Å²) >= 11 is 0. The maximum atomic E-state index is 13.3. The molecule has 0 unspecified atom stereocenters. The van der Waals surface area contributed by atoms with E-state index in [1.165, 1.54) is 12.1 Å². The van der Waals surface area contributed by atoms with E-state index in [-0.39, 0.29) is 17.8 Å². The van der Waals surface area contributed by atoms with E-state index in [1.54, 1.807) is 29.2 Å². The molecular formula is C24H21FN6O. The highest BCUT2D eigenvalue weighted by atomic mass is 19.1. The lowest BCUT2D eigenvalue weighted by molar-refractivity contribution is 0.0788. The smallest absolute Gasteiger partial charge is 0.256 e. The van der Waals surface area contributed by atoms with E-state index in [9.17, 15) is 9.18 Å². The quantitative estimate of drug-likeness (QED) is 0.513. The zero-order valence-electron chi connectivity index (χ0n) is 17.2. The number of para-hydroxylation sites is 1. The predicted molar refractivity (Wildman–Crippen MR) is 119 cm³/mol. The van der Waals surface area contributed by atoms with Crippen molar-refractivity contribution in [3.63, 3.8) is 0 Å². The van der Waals surface area contributed by atoms with E-state index in [1.807, 2.05) is 47.5 Å². The SMILES string of the molecule is O=C(c1ccccc1Nc1ccncc1)N1CC[C@@H](n2cc(-c3ccc(F)cc3)nn2)C1. The Hall–Kier alpha value is -4.07. The zero-order chi connectivity index (χ0) is 21.9. The highest BCUT2D eigenvalue weighted by Gasteiger charge is 2.30. The summed E-state index contributed by atoms with van der Waals surface area (Å²) in [4.78, 5) is 19.2. The van der Waals surface area contributed by atoms with Crippen LogP contribution in [0.5, 0.6) is 0 Å². The number of amides is 1. The normalized spacial score (nSPS) is 15.7. The highest BCUT2D eigenvalue weighted by molar-refractivity contribution is 6.00. The molecule has 2 aromatic heterocycles. The molecule has 5 rings (SSSR count). The van der Waals surface area contributed by atoms with Crippen LogP contribution in [-0.4, -0.2) is 43.9 Å². The number of pyridine rings is 1. The predicted octanol–water partition coefficient (Wildman–Crippen LogP) is 4.31. The highest BCUT2D eigenvalue weighted by Crippen LogP contribution is 2.27. The number of rotatable bonds is 5. The number of carbonyl (C=O) groups excluding carboxylic acids is 1. The number of anilines is 2. The molecule has 0 bridgehead atoms. The van der Waals surface area contributed by atoms with Gasteiger partial charge in [-0.2, -0.15) is 0 Å². The lowest BCUT2D eigenvalue weighted by atomic mass is 10.1. The summed E-state index contributed by atoms with van der Waals surface area (Å²) in [5.41, 5.74) is 3.74. The largest absolute Gasteiger partial charge is 0.355 e. The van der Waals surface area contributed by atoms with Gasteiger partial charge in [0.1, 0.15) is 11.5 Å². The first-order valence-electron chi connectivity index (χ1n) is 10.4. The molecule has 1 atom stereocenters. The van der Waals surface area contributed by atoms with E-state index in [2.05, 4.69) is 20.6 Å². The Kier molecular flexibility index (Phi) is 5.33. The molecular weight excluding hydrogens is 407 g/mol. The summed E-state index contributed by atoms with van der Waals surface area (Å²) in [6, 6.07) is 17.4. The van der Waals surface area contributed by atoms with Gasteiger partial charge in [-0.15, -0.1) is 5.10 Å². The molecule has 32 heavy (non-hydrogen) atoms. The van der Waals surface area contributed by atoms with E-state index in [0.717, 1.165) is 23.4 Å². The Balaban J connectivity index is 1.30. The van der Waals surface area contributed by atoms with Crippen molar-refractivity contribution >= 4 is 17.3 Å². The maximum Gasteiger partial charge on any atom is 0.256 e. The standard InChI is InChI=1S/C24H21FN6O/c25-18-7-5-17(6-8-18)23-16-31(29-28-23)20-11-14-30(15-20)24(32)21-3-1-2-4-22(21)27-19-9-12-26-13-10-19/h1-10,12-13,16,20H,11,14-15H2,(H,26,27)/t20-/m1/s1. The summed E-state index contributed by atoms with van der Waals surface area (Å²) in [5, 5.41) is 11.8. The minimum absolute atomic E-state index is 0.0245. The third-order valence-corrected chi connectivity index (χ3v) is 5.59. The second kappa shape index (κ2) is 8.58. The van der Waals surface area contributed by atoms with E-state index >= 15 is 0 Å². The van der Waals surface area contributed by atoms with Gasteiger partial charge in [0.25, 0.3) is 5.91 Å². The zero-order valence-corrected chi connectivity index (χ0v) is 17.2. The van der Waals surface area contributed by atoms with Crippen molar-refractivity contribution in [1.29, 1.82) is 0 Å². The second-order valence-corrected chi connectivity index (χ2v) is 7.69. The fraction of sp³-hybridized carbons (Fsp3) is 0.167. The number of likely N-dealkylation sites (tertiary alicyclic amines) is 1. The number of hydrogen-bond donors (Lipinski definition) is 1. The van der Waals surface area contributed by atoms with Gasteiger partial charge in [0.05, 0.1) is 23.5 Å². The van der Waals surface area contributed by atoms with Crippen LogP contribution in [0.3, 0.4) is 0 Å². The first-order chi connectivity index (χ1) is 15.7. The Morgan fingerprint density at radius 1 is 1.03 bits per heavy atom. The Bertz CT molecular complexity index is 1220. The van der Waals surface area contributed by atoms with Crippen molar-refractivity contribution in [2.75, 3.05) is 18.4 Å². The van der Waals surface area contributed by atoms with Crippen LogP contribution in [0.15, 0.2) is 79.3 Å². The minimum atomic E-state index is -0.287. The van der Waals surface area contributed by atoms with Crippen LogP contribution in [0.2, 0.25) is 0 Å². The van der Waals surface area contributed by atoms with Crippen LogP contribution in [0.4, 0.5) is 15.8 Å². The molecule has 1 saturated heterocycles. The topological polar surface area (TPSA) is 75.9 Å². The van der Waals surface area contributed by atoms with Crippen LogP contribution >= 0.6 is 0 Å². The van der Waals surface area contributed by atoms with Gasteiger partial charge >= 0.3 is 0 Å². The summed E-state index contributed by atoms with van der Waals surface area (Å²) in [7, 11) is 0. The summed E-state index contributed by atoms with van der Waals surface area (Å²) in [5.74, 6) is -0.312. The number of nitrogens with zero attached hydrogens (tertiary/aromatic N) is 5. The number of hydrogen-bond acceptors (Lipinski definition) is 5. The average Bonchev–Trinajstić information content (AvgIpc) is 3.50. The van der Waals surface area contributed by atoms with Crippen molar-refractivity contribution in [2.45, 2.75) is 12.5 Å². The molecule has 0 radical (unpaired) electrons. The number of aromatic nitrogens is 4. The molecule has 160 valence electrons. The molecule has 7 nitrogen and oxygen atoms in total. The van der Waals surface area contributed by atoms with E-state index in [0.29, 0.717) is 24.3 Å². The lowest BCUT2D eigenvalue weighted by Crippen LogP contribution is -2.29. The second-order valence-electron chi connectivity index (χ2n) is 7.69. The summed E-state index contributed by atoms with van der Waals surface area (Å²) < 4.78 is 15.0. The molecule has 1 fully saturated rings. The maximum absolute atomic E-state index is 13.3. The van der Waals surface area contributed by atoms with Crippen LogP contribution in [0.25, 0.3) is 11.3 Å². The fourth-order valence-electron chi connectivity index (χ4n) is 3.89. The van der Waals surface area contributed by atoms with Crippen molar-refractivity contribution in [2.24, 2.45) is 0 Å². The molecule has 1 amide bonds. The van der Waals surface area contributed by atoms with Gasteiger partial charge in [-0.1, -0.05) is 17.3 Å². The third kappa shape index (κ3) is 4.07. The fourth-order valence-corrected chi connectivity index (χ4v) is 3.89. The molecule has 8 heteroatoms.